The third-order valence-electron chi connectivity index (χ3n) is 3.10. The molecular weight excluding hydrogens is 360 g/mol. The van der Waals surface area contributed by atoms with Gasteiger partial charge in [-0.05, 0) is 30.5 Å². The van der Waals surface area contributed by atoms with Crippen LogP contribution in [0.15, 0.2) is 30.7 Å². The lowest BCUT2D eigenvalue weighted by atomic mass is 9.92. The zero-order valence-electron chi connectivity index (χ0n) is 14.0. The van der Waals surface area contributed by atoms with E-state index in [0.717, 1.165) is 0 Å². The van der Waals surface area contributed by atoms with E-state index in [4.69, 9.17) is 17.5 Å². The summed E-state index contributed by atoms with van der Waals surface area (Å²) < 4.78 is 31.6. The Balaban J connectivity index is -0.000000120. The first-order chi connectivity index (χ1) is 9.20. The Morgan fingerprint density at radius 2 is 1.52 bits per heavy atom. The molecule has 12 heteroatoms. The molecule has 150 valence electrons. The third-order valence-corrected chi connectivity index (χ3v) is 3.10. The van der Waals surface area contributed by atoms with Gasteiger partial charge in [0.2, 0.25) is 0 Å². The van der Waals surface area contributed by atoms with E-state index < -0.39 is 10.4 Å². The highest BCUT2D eigenvalue weighted by Crippen LogP contribution is 2.26. The molecule has 1 aromatic heterocycles. The molecule has 0 aliphatic rings. The second-order valence-corrected chi connectivity index (χ2v) is 5.36. The van der Waals surface area contributed by atoms with Crippen molar-refractivity contribution in [3.63, 3.8) is 0 Å². The van der Waals surface area contributed by atoms with Crippen LogP contribution >= 0.6 is 0 Å². The topological polar surface area (TPSA) is 261 Å². The lowest BCUT2D eigenvalue weighted by Gasteiger charge is -2.14. The van der Waals surface area contributed by atoms with Gasteiger partial charge in [0.1, 0.15) is 0 Å². The molecule has 2 aromatic rings. The van der Waals surface area contributed by atoms with Crippen LogP contribution in [0.1, 0.15) is 35.2 Å². The smallest absolute Gasteiger partial charge is 0.394 e. The summed E-state index contributed by atoms with van der Waals surface area (Å²) in [7, 11) is -4.67. The number of nitrogens with one attached hydrogen (secondary N) is 1. The molecule has 1 aromatic carbocycles. The van der Waals surface area contributed by atoms with Crippen LogP contribution in [0.2, 0.25) is 0 Å². The first kappa shape index (κ1) is 34.4. The first-order valence-electron chi connectivity index (χ1n) is 5.94. The summed E-state index contributed by atoms with van der Waals surface area (Å²) in [5, 5.41) is 0. The quantitative estimate of drug-likeness (QED) is 0.511. The van der Waals surface area contributed by atoms with E-state index >= 15 is 0 Å². The van der Waals surface area contributed by atoms with Crippen LogP contribution in [0.25, 0.3) is 0 Å². The van der Waals surface area contributed by atoms with E-state index in [1.807, 2.05) is 6.20 Å². The number of aromatic amines is 1. The molecular formula is C13H28N2O9S. The van der Waals surface area contributed by atoms with Crippen LogP contribution < -0.4 is 0 Å². The van der Waals surface area contributed by atoms with Gasteiger partial charge in [-0.1, -0.05) is 25.1 Å². The molecule has 1 atom stereocenters. The normalized spacial score (nSPS) is 9.96. The first-order valence-corrected chi connectivity index (χ1v) is 7.34. The number of imidazole rings is 1. The number of aromatic nitrogens is 2. The highest BCUT2D eigenvalue weighted by Gasteiger charge is 2.12. The Kier molecular flexibility index (Phi) is 19.9. The van der Waals surface area contributed by atoms with Gasteiger partial charge >= 0.3 is 10.4 Å². The minimum atomic E-state index is -4.67. The lowest BCUT2D eigenvalue weighted by molar-refractivity contribution is 0.381. The fraction of sp³-hybridized carbons (Fsp3) is 0.308. The summed E-state index contributed by atoms with van der Waals surface area (Å²) >= 11 is 0. The Hall–Kier alpha value is -1.90. The van der Waals surface area contributed by atoms with Gasteiger partial charge in [0.15, 0.2) is 0 Å². The molecule has 25 heavy (non-hydrogen) atoms. The number of benzene rings is 1. The zero-order valence-corrected chi connectivity index (χ0v) is 14.8. The molecule has 0 amide bonds. The summed E-state index contributed by atoms with van der Waals surface area (Å²) in [6.45, 7) is 6.53. The van der Waals surface area contributed by atoms with Gasteiger partial charge in [-0.25, -0.2) is 4.98 Å². The second kappa shape index (κ2) is 14.4. The maximum absolute atomic E-state index is 8.74. The molecule has 0 saturated heterocycles. The molecule has 0 fully saturated rings. The minimum absolute atomic E-state index is 0. The average molecular weight is 388 g/mol. The SMILES string of the molecule is Cc1cccc(C(C)c2cnc[nH]2)c1C.O.O.O.O.O.O=S(=O)(O)O. The molecule has 0 saturated carbocycles. The monoisotopic (exact) mass is 388 g/mol. The van der Waals surface area contributed by atoms with E-state index in [9.17, 15) is 0 Å². The van der Waals surface area contributed by atoms with Crippen LogP contribution in [-0.2, 0) is 10.4 Å². The molecule has 0 aliphatic heterocycles. The van der Waals surface area contributed by atoms with Gasteiger partial charge in [0.05, 0.1) is 6.33 Å². The fourth-order valence-corrected chi connectivity index (χ4v) is 1.91. The molecule has 2 rings (SSSR count). The summed E-state index contributed by atoms with van der Waals surface area (Å²) in [5.41, 5.74) is 5.27. The highest BCUT2D eigenvalue weighted by atomic mass is 32.3. The molecule has 0 spiro atoms. The Morgan fingerprint density at radius 3 is 1.92 bits per heavy atom. The molecule has 1 unspecified atom stereocenters. The van der Waals surface area contributed by atoms with E-state index in [2.05, 4.69) is 48.9 Å². The van der Waals surface area contributed by atoms with Gasteiger partial charge in [-0.15, -0.1) is 0 Å². The lowest BCUT2D eigenvalue weighted by Crippen LogP contribution is -2.00. The predicted octanol–water partition coefficient (Wildman–Crippen LogP) is -1.60. The van der Waals surface area contributed by atoms with Gasteiger partial charge in [-0.2, -0.15) is 8.42 Å². The standard InChI is InChI=1S/C13H16N2.H2O4S.5H2O/c1-9-5-4-6-12(10(9)2)11(3)13-7-14-8-15-13;1-5(2,3)4;;;;;/h4-8,11H,1-3H3,(H,14,15);(H2,1,2,3,4);5*1H2. The van der Waals surface area contributed by atoms with Crippen molar-refractivity contribution in [2.45, 2.75) is 26.7 Å². The molecule has 0 aliphatic carbocycles. The molecule has 1 heterocycles. The average Bonchev–Trinajstić information content (AvgIpc) is 2.83. The summed E-state index contributed by atoms with van der Waals surface area (Å²) in [6.07, 6.45) is 3.63. The van der Waals surface area contributed by atoms with Crippen molar-refractivity contribution < 1.29 is 44.9 Å². The molecule has 0 radical (unpaired) electrons. The fourth-order valence-electron chi connectivity index (χ4n) is 1.91. The number of H-pyrrole nitrogens is 1. The van der Waals surface area contributed by atoms with Crippen molar-refractivity contribution in [1.82, 2.24) is 9.97 Å². The van der Waals surface area contributed by atoms with E-state index in [1.165, 1.54) is 22.4 Å². The van der Waals surface area contributed by atoms with Crippen molar-refractivity contribution in [2.24, 2.45) is 0 Å². The molecule has 11 nitrogen and oxygen atoms in total. The number of rotatable bonds is 2. The van der Waals surface area contributed by atoms with Crippen LogP contribution in [-0.4, -0.2) is 54.9 Å². The van der Waals surface area contributed by atoms with E-state index in [0.29, 0.717) is 5.92 Å². The number of nitrogens with zero attached hydrogens (tertiary/aromatic N) is 1. The predicted molar refractivity (Wildman–Crippen MR) is 94.3 cm³/mol. The van der Waals surface area contributed by atoms with Crippen molar-refractivity contribution in [2.75, 3.05) is 0 Å². The van der Waals surface area contributed by atoms with Crippen molar-refractivity contribution in [1.29, 1.82) is 0 Å². The Bertz CT molecular complexity index is 652. The maximum Gasteiger partial charge on any atom is 0.394 e. The minimum Gasteiger partial charge on any atom is -0.412 e. The van der Waals surface area contributed by atoms with Crippen molar-refractivity contribution in [3.05, 3.63) is 53.1 Å². The van der Waals surface area contributed by atoms with Crippen LogP contribution in [0.5, 0.6) is 0 Å². The van der Waals surface area contributed by atoms with Crippen LogP contribution in [0, 0.1) is 13.8 Å². The number of aryl methyl sites for hydroxylation is 1. The summed E-state index contributed by atoms with van der Waals surface area (Å²) in [5.74, 6) is 0.382. The van der Waals surface area contributed by atoms with E-state index in [1.54, 1.807) is 6.33 Å². The maximum atomic E-state index is 8.74. The largest absolute Gasteiger partial charge is 0.412 e. The van der Waals surface area contributed by atoms with Crippen LogP contribution in [0.4, 0.5) is 0 Å². The Morgan fingerprint density at radius 1 is 1.04 bits per heavy atom. The summed E-state index contributed by atoms with van der Waals surface area (Å²) in [6, 6.07) is 6.46. The second-order valence-electron chi connectivity index (χ2n) is 4.47. The van der Waals surface area contributed by atoms with Gasteiger partial charge in [0.25, 0.3) is 0 Å². The van der Waals surface area contributed by atoms with E-state index in [-0.39, 0.29) is 27.4 Å². The zero-order chi connectivity index (χ0) is 15.3. The highest BCUT2D eigenvalue weighted by molar-refractivity contribution is 7.79. The van der Waals surface area contributed by atoms with Gasteiger partial charge in [-0.3, -0.25) is 9.11 Å². The molecule has 0 bridgehead atoms. The van der Waals surface area contributed by atoms with Crippen molar-refractivity contribution >= 4 is 10.4 Å². The third kappa shape index (κ3) is 12.2. The van der Waals surface area contributed by atoms with Gasteiger partial charge in [0, 0.05) is 17.8 Å². The Labute approximate surface area is 145 Å². The summed E-state index contributed by atoms with van der Waals surface area (Å²) in [4.78, 5) is 7.24. The van der Waals surface area contributed by atoms with Gasteiger partial charge < -0.3 is 32.4 Å². The van der Waals surface area contributed by atoms with Crippen LogP contribution in [0.3, 0.4) is 0 Å². The molecule has 13 N–H and O–H groups in total. The number of hydrogen-bond donors (Lipinski definition) is 3. The van der Waals surface area contributed by atoms with Crippen molar-refractivity contribution in [3.8, 4) is 0 Å². The number of hydrogen-bond acceptors (Lipinski definition) is 3.